The number of carbonyl (C=O) groups is 1. The van der Waals surface area contributed by atoms with Crippen LogP contribution < -0.4 is 0 Å². The summed E-state index contributed by atoms with van der Waals surface area (Å²) in [7, 11) is 0. The highest BCUT2D eigenvalue weighted by atomic mass is 19.1. The fourth-order valence-electron chi connectivity index (χ4n) is 2.27. The largest absolute Gasteiger partial charge is 0.465 e. The normalized spacial score (nSPS) is 37.8. The van der Waals surface area contributed by atoms with Crippen LogP contribution in [0, 0.1) is 0 Å². The molecule has 14 heavy (non-hydrogen) atoms. The van der Waals surface area contributed by atoms with Crippen molar-refractivity contribution in [2.24, 2.45) is 0 Å². The molecule has 0 radical (unpaired) electrons. The highest BCUT2D eigenvalue weighted by molar-refractivity contribution is 5.65. The molecule has 2 aliphatic rings. The lowest BCUT2D eigenvalue weighted by molar-refractivity contribution is -0.0934. The molecule has 80 valence electrons. The Bertz CT molecular complexity index is 240. The molecule has 0 aromatic heterocycles. The van der Waals surface area contributed by atoms with Crippen LogP contribution in [0.4, 0.5) is 9.18 Å². The van der Waals surface area contributed by atoms with Gasteiger partial charge in [0.25, 0.3) is 0 Å². The number of hydrogen-bond donors (Lipinski definition) is 1. The Labute approximate surface area is 81.6 Å². The maximum absolute atomic E-state index is 13.7. The number of piperidine rings is 1. The van der Waals surface area contributed by atoms with Crippen LogP contribution in [0.1, 0.15) is 19.3 Å². The maximum Gasteiger partial charge on any atom is 0.407 e. The van der Waals surface area contributed by atoms with Crippen molar-refractivity contribution in [3.05, 3.63) is 0 Å². The standard InChI is InChI=1S/C9H14FNO3/c10-7-6-11(8(12)13)4-3-9(7)2-1-5-14-9/h7H,1-6H2,(H,12,13). The van der Waals surface area contributed by atoms with Crippen molar-refractivity contribution in [2.75, 3.05) is 19.7 Å². The molecule has 2 saturated heterocycles. The van der Waals surface area contributed by atoms with E-state index < -0.39 is 17.9 Å². The molecule has 2 atom stereocenters. The van der Waals surface area contributed by atoms with Gasteiger partial charge in [0.1, 0.15) is 11.8 Å². The summed E-state index contributed by atoms with van der Waals surface area (Å²) in [5.74, 6) is 0. The first-order valence-electron chi connectivity index (χ1n) is 4.90. The number of carboxylic acid groups (broad SMARTS) is 1. The lowest BCUT2D eigenvalue weighted by atomic mass is 9.87. The first-order valence-corrected chi connectivity index (χ1v) is 4.90. The fourth-order valence-corrected chi connectivity index (χ4v) is 2.27. The maximum atomic E-state index is 13.7. The van der Waals surface area contributed by atoms with E-state index in [9.17, 15) is 9.18 Å². The van der Waals surface area contributed by atoms with Gasteiger partial charge in [-0.15, -0.1) is 0 Å². The van der Waals surface area contributed by atoms with Crippen LogP contribution in [-0.4, -0.2) is 47.6 Å². The average molecular weight is 203 g/mol. The molecule has 2 fully saturated rings. The first kappa shape index (κ1) is 9.71. The van der Waals surface area contributed by atoms with E-state index in [1.54, 1.807) is 0 Å². The van der Waals surface area contributed by atoms with Crippen molar-refractivity contribution < 1.29 is 19.0 Å². The summed E-state index contributed by atoms with van der Waals surface area (Å²) >= 11 is 0. The summed E-state index contributed by atoms with van der Waals surface area (Å²) in [6.07, 6.45) is -0.120. The lowest BCUT2D eigenvalue weighted by Gasteiger charge is -2.40. The van der Waals surface area contributed by atoms with E-state index in [2.05, 4.69) is 0 Å². The van der Waals surface area contributed by atoms with Crippen molar-refractivity contribution in [1.82, 2.24) is 4.90 Å². The summed E-state index contributed by atoms with van der Waals surface area (Å²) in [5.41, 5.74) is -0.675. The molecule has 2 unspecified atom stereocenters. The zero-order valence-corrected chi connectivity index (χ0v) is 7.91. The van der Waals surface area contributed by atoms with E-state index in [1.165, 1.54) is 0 Å². The number of amides is 1. The van der Waals surface area contributed by atoms with Gasteiger partial charge in [0.05, 0.1) is 6.54 Å². The van der Waals surface area contributed by atoms with E-state index in [4.69, 9.17) is 9.84 Å². The quantitative estimate of drug-likeness (QED) is 0.644. The SMILES string of the molecule is O=C(O)N1CCC2(CCCO2)C(F)C1. The molecule has 2 rings (SSSR count). The highest BCUT2D eigenvalue weighted by Crippen LogP contribution is 2.37. The Kier molecular flexibility index (Phi) is 2.34. The smallest absolute Gasteiger partial charge is 0.407 e. The van der Waals surface area contributed by atoms with Crippen LogP contribution in [0.2, 0.25) is 0 Å². The number of rotatable bonds is 0. The summed E-state index contributed by atoms with van der Waals surface area (Å²) in [6, 6.07) is 0. The Morgan fingerprint density at radius 2 is 2.36 bits per heavy atom. The Morgan fingerprint density at radius 3 is 2.86 bits per heavy atom. The van der Waals surface area contributed by atoms with Crippen LogP contribution in [0.25, 0.3) is 0 Å². The summed E-state index contributed by atoms with van der Waals surface area (Å²) in [4.78, 5) is 11.7. The van der Waals surface area contributed by atoms with Gasteiger partial charge < -0.3 is 14.7 Å². The molecule has 0 aliphatic carbocycles. The second-order valence-electron chi connectivity index (χ2n) is 3.96. The van der Waals surface area contributed by atoms with Crippen LogP contribution in [0.5, 0.6) is 0 Å². The second kappa shape index (κ2) is 3.38. The van der Waals surface area contributed by atoms with Crippen LogP contribution >= 0.6 is 0 Å². The van der Waals surface area contributed by atoms with E-state index in [0.717, 1.165) is 17.7 Å². The molecule has 1 amide bonds. The highest BCUT2D eigenvalue weighted by Gasteiger charge is 2.47. The van der Waals surface area contributed by atoms with Gasteiger partial charge in [0, 0.05) is 13.2 Å². The Balaban J connectivity index is 2.03. The van der Waals surface area contributed by atoms with Gasteiger partial charge in [0.2, 0.25) is 0 Å². The number of alkyl halides is 1. The monoisotopic (exact) mass is 203 g/mol. The Morgan fingerprint density at radius 1 is 1.57 bits per heavy atom. The second-order valence-corrected chi connectivity index (χ2v) is 3.96. The van der Waals surface area contributed by atoms with Gasteiger partial charge in [0.15, 0.2) is 0 Å². The summed E-state index contributed by atoms with van der Waals surface area (Å²) < 4.78 is 19.2. The van der Waals surface area contributed by atoms with E-state index in [-0.39, 0.29) is 6.54 Å². The van der Waals surface area contributed by atoms with Crippen molar-refractivity contribution in [3.8, 4) is 0 Å². The average Bonchev–Trinajstić information content (AvgIpc) is 2.59. The van der Waals surface area contributed by atoms with Crippen molar-refractivity contribution in [2.45, 2.75) is 31.0 Å². The van der Waals surface area contributed by atoms with Gasteiger partial charge in [-0.25, -0.2) is 9.18 Å². The summed E-state index contributed by atoms with van der Waals surface area (Å²) in [5, 5.41) is 8.71. The molecule has 5 heteroatoms. The minimum atomic E-state index is -1.17. The molecule has 2 heterocycles. The van der Waals surface area contributed by atoms with Crippen molar-refractivity contribution >= 4 is 6.09 Å². The third kappa shape index (κ3) is 1.45. The molecule has 1 N–H and O–H groups in total. The van der Waals surface area contributed by atoms with Gasteiger partial charge in [-0.1, -0.05) is 0 Å². The van der Waals surface area contributed by atoms with Gasteiger partial charge >= 0.3 is 6.09 Å². The molecule has 0 bridgehead atoms. The number of ether oxygens (including phenoxy) is 1. The molecule has 0 saturated carbocycles. The van der Waals surface area contributed by atoms with Crippen LogP contribution in [0.3, 0.4) is 0 Å². The number of nitrogens with zero attached hydrogens (tertiary/aromatic N) is 1. The number of halogens is 1. The topological polar surface area (TPSA) is 49.8 Å². The predicted octanol–water partition coefficient (Wildman–Crippen LogP) is 1.26. The molecular weight excluding hydrogens is 189 g/mol. The first-order chi connectivity index (χ1) is 6.64. The van der Waals surface area contributed by atoms with Crippen molar-refractivity contribution in [3.63, 3.8) is 0 Å². The van der Waals surface area contributed by atoms with E-state index in [0.29, 0.717) is 19.6 Å². The third-order valence-electron chi connectivity index (χ3n) is 3.16. The van der Waals surface area contributed by atoms with E-state index in [1.807, 2.05) is 0 Å². The van der Waals surface area contributed by atoms with Gasteiger partial charge in [-0.2, -0.15) is 0 Å². The molecule has 4 nitrogen and oxygen atoms in total. The van der Waals surface area contributed by atoms with Crippen LogP contribution in [0.15, 0.2) is 0 Å². The summed E-state index contributed by atoms with van der Waals surface area (Å²) in [6.45, 7) is 0.943. The molecular formula is C9H14FNO3. The zero-order valence-electron chi connectivity index (χ0n) is 7.91. The van der Waals surface area contributed by atoms with Crippen LogP contribution in [-0.2, 0) is 4.74 Å². The lowest BCUT2D eigenvalue weighted by Crippen LogP contribution is -2.54. The van der Waals surface area contributed by atoms with E-state index >= 15 is 0 Å². The molecule has 0 aromatic rings. The number of likely N-dealkylation sites (tertiary alicyclic amines) is 1. The molecule has 0 aromatic carbocycles. The fraction of sp³-hybridized carbons (Fsp3) is 0.889. The minimum Gasteiger partial charge on any atom is -0.465 e. The molecule has 1 spiro atoms. The predicted molar refractivity (Wildman–Crippen MR) is 47.0 cm³/mol. The number of hydrogen-bond acceptors (Lipinski definition) is 2. The third-order valence-corrected chi connectivity index (χ3v) is 3.16. The van der Waals surface area contributed by atoms with Gasteiger partial charge in [-0.05, 0) is 19.3 Å². The van der Waals surface area contributed by atoms with Gasteiger partial charge in [-0.3, -0.25) is 0 Å². The molecule has 2 aliphatic heterocycles. The Hall–Kier alpha value is -0.840. The minimum absolute atomic E-state index is 0.0463. The van der Waals surface area contributed by atoms with Crippen molar-refractivity contribution in [1.29, 1.82) is 0 Å². The zero-order chi connectivity index (χ0) is 10.2.